The van der Waals surface area contributed by atoms with E-state index in [0.29, 0.717) is 12.2 Å². The van der Waals surface area contributed by atoms with Crippen molar-refractivity contribution in [2.45, 2.75) is 20.4 Å². The average molecular weight is 311 g/mol. The van der Waals surface area contributed by atoms with Gasteiger partial charge in [-0.05, 0) is 49.1 Å². The highest BCUT2D eigenvalue weighted by molar-refractivity contribution is 7.08. The third kappa shape index (κ3) is 2.94. The molecule has 0 saturated carbocycles. The molecule has 22 heavy (non-hydrogen) atoms. The lowest BCUT2D eigenvalue weighted by atomic mass is 10.2. The fourth-order valence-corrected chi connectivity index (χ4v) is 2.96. The molecule has 0 aliphatic carbocycles. The van der Waals surface area contributed by atoms with E-state index in [2.05, 4.69) is 10.4 Å². The molecule has 0 fully saturated rings. The fourth-order valence-electron chi connectivity index (χ4n) is 2.31. The number of hydrogen-bond acceptors (Lipinski definition) is 3. The van der Waals surface area contributed by atoms with Gasteiger partial charge in [0.1, 0.15) is 5.69 Å². The summed E-state index contributed by atoms with van der Waals surface area (Å²) in [5.74, 6) is -0.138. The van der Waals surface area contributed by atoms with Crippen molar-refractivity contribution in [1.82, 2.24) is 9.78 Å². The first-order valence-corrected chi connectivity index (χ1v) is 8.10. The van der Waals surface area contributed by atoms with E-state index in [-0.39, 0.29) is 5.91 Å². The highest BCUT2D eigenvalue weighted by Gasteiger charge is 2.16. The zero-order valence-corrected chi connectivity index (χ0v) is 13.4. The van der Waals surface area contributed by atoms with Crippen LogP contribution in [0.1, 0.15) is 23.0 Å². The molecule has 0 aliphatic rings. The summed E-state index contributed by atoms with van der Waals surface area (Å²) in [7, 11) is 0. The van der Waals surface area contributed by atoms with Gasteiger partial charge in [-0.1, -0.05) is 12.1 Å². The van der Waals surface area contributed by atoms with E-state index in [1.54, 1.807) is 16.0 Å². The van der Waals surface area contributed by atoms with Crippen LogP contribution >= 0.6 is 11.3 Å². The molecule has 0 aliphatic heterocycles. The molecule has 2 aromatic heterocycles. The molecule has 0 radical (unpaired) electrons. The molecule has 3 aromatic rings. The first-order valence-electron chi connectivity index (χ1n) is 7.16. The zero-order chi connectivity index (χ0) is 15.5. The van der Waals surface area contributed by atoms with Crippen LogP contribution in [0.5, 0.6) is 0 Å². The normalized spacial score (nSPS) is 10.6. The maximum atomic E-state index is 12.5. The summed E-state index contributed by atoms with van der Waals surface area (Å²) in [6.07, 6.45) is 0. The van der Waals surface area contributed by atoms with Gasteiger partial charge in [0.15, 0.2) is 0 Å². The first kappa shape index (κ1) is 14.5. The van der Waals surface area contributed by atoms with Crippen molar-refractivity contribution < 1.29 is 4.79 Å². The molecule has 1 aromatic carbocycles. The minimum Gasteiger partial charge on any atom is -0.321 e. The number of benzene rings is 1. The molecule has 3 rings (SSSR count). The van der Waals surface area contributed by atoms with Gasteiger partial charge < -0.3 is 5.32 Å². The van der Waals surface area contributed by atoms with Crippen LogP contribution in [-0.2, 0) is 6.54 Å². The summed E-state index contributed by atoms with van der Waals surface area (Å²) in [5.41, 5.74) is 4.36. The molecule has 5 heteroatoms. The Kier molecular flexibility index (Phi) is 4.06. The molecule has 1 amide bonds. The molecular formula is C17H17N3OS. The third-order valence-corrected chi connectivity index (χ3v) is 4.09. The SMILES string of the molecule is CCn1nc(-c2ccsc2)cc1C(=O)Nc1cccc(C)c1. The first-order chi connectivity index (χ1) is 10.7. The summed E-state index contributed by atoms with van der Waals surface area (Å²) in [5, 5.41) is 11.5. The van der Waals surface area contributed by atoms with Crippen LogP contribution in [0.3, 0.4) is 0 Å². The number of anilines is 1. The van der Waals surface area contributed by atoms with E-state index < -0.39 is 0 Å². The van der Waals surface area contributed by atoms with Crippen molar-refractivity contribution in [3.8, 4) is 11.3 Å². The Balaban J connectivity index is 1.88. The molecule has 0 atom stereocenters. The van der Waals surface area contributed by atoms with Crippen molar-refractivity contribution in [2.75, 3.05) is 5.32 Å². The maximum absolute atomic E-state index is 12.5. The standard InChI is InChI=1S/C17H17N3OS/c1-3-20-16(10-15(19-20)13-7-8-22-11-13)17(21)18-14-6-4-5-12(2)9-14/h4-11H,3H2,1-2H3,(H,18,21). The Morgan fingerprint density at radius 3 is 2.86 bits per heavy atom. The van der Waals surface area contributed by atoms with Gasteiger partial charge in [-0.2, -0.15) is 16.4 Å². The Hall–Kier alpha value is -2.40. The van der Waals surface area contributed by atoms with E-state index >= 15 is 0 Å². The van der Waals surface area contributed by atoms with Crippen LogP contribution in [0, 0.1) is 6.92 Å². The second kappa shape index (κ2) is 6.15. The summed E-state index contributed by atoms with van der Waals surface area (Å²) >= 11 is 1.62. The quantitative estimate of drug-likeness (QED) is 0.785. The minimum atomic E-state index is -0.138. The van der Waals surface area contributed by atoms with E-state index in [9.17, 15) is 4.79 Å². The number of amides is 1. The Labute approximate surface area is 133 Å². The number of nitrogens with one attached hydrogen (secondary N) is 1. The molecule has 0 bridgehead atoms. The Morgan fingerprint density at radius 2 is 2.18 bits per heavy atom. The van der Waals surface area contributed by atoms with E-state index in [1.165, 1.54) is 0 Å². The van der Waals surface area contributed by atoms with Crippen LogP contribution in [-0.4, -0.2) is 15.7 Å². The van der Waals surface area contributed by atoms with Crippen molar-refractivity contribution in [3.63, 3.8) is 0 Å². The zero-order valence-electron chi connectivity index (χ0n) is 12.5. The molecule has 4 nitrogen and oxygen atoms in total. The number of carbonyl (C=O) groups excluding carboxylic acids is 1. The lowest BCUT2D eigenvalue weighted by Crippen LogP contribution is -2.17. The van der Waals surface area contributed by atoms with Gasteiger partial charge in [0.2, 0.25) is 0 Å². The van der Waals surface area contributed by atoms with Gasteiger partial charge in [-0.3, -0.25) is 9.48 Å². The number of rotatable bonds is 4. The second-order valence-electron chi connectivity index (χ2n) is 5.07. The second-order valence-corrected chi connectivity index (χ2v) is 5.85. The predicted octanol–water partition coefficient (Wildman–Crippen LogP) is 4.19. The summed E-state index contributed by atoms with van der Waals surface area (Å²) in [6, 6.07) is 11.6. The summed E-state index contributed by atoms with van der Waals surface area (Å²) in [4.78, 5) is 12.5. The lowest BCUT2D eigenvalue weighted by molar-refractivity contribution is 0.101. The number of thiophene rings is 1. The molecule has 2 heterocycles. The number of nitrogens with zero attached hydrogens (tertiary/aromatic N) is 2. The van der Waals surface area contributed by atoms with Crippen LogP contribution in [0.25, 0.3) is 11.3 Å². The molecule has 0 spiro atoms. The van der Waals surface area contributed by atoms with Crippen LogP contribution < -0.4 is 5.32 Å². The minimum absolute atomic E-state index is 0.138. The highest BCUT2D eigenvalue weighted by Crippen LogP contribution is 2.22. The molecular weight excluding hydrogens is 294 g/mol. The average Bonchev–Trinajstić information content (AvgIpc) is 3.16. The van der Waals surface area contributed by atoms with Crippen molar-refractivity contribution in [3.05, 3.63) is 58.4 Å². The van der Waals surface area contributed by atoms with Gasteiger partial charge in [0, 0.05) is 23.2 Å². The number of aromatic nitrogens is 2. The third-order valence-electron chi connectivity index (χ3n) is 3.41. The summed E-state index contributed by atoms with van der Waals surface area (Å²) in [6.45, 7) is 4.63. The van der Waals surface area contributed by atoms with Crippen molar-refractivity contribution >= 4 is 22.9 Å². The topological polar surface area (TPSA) is 46.9 Å². The van der Waals surface area contributed by atoms with Crippen LogP contribution in [0.15, 0.2) is 47.2 Å². The lowest BCUT2D eigenvalue weighted by Gasteiger charge is -2.07. The van der Waals surface area contributed by atoms with E-state index in [4.69, 9.17) is 0 Å². The number of hydrogen-bond donors (Lipinski definition) is 1. The molecule has 1 N–H and O–H groups in total. The Bertz CT molecular complexity index is 790. The smallest absolute Gasteiger partial charge is 0.273 e. The highest BCUT2D eigenvalue weighted by atomic mass is 32.1. The van der Waals surface area contributed by atoms with Gasteiger partial charge in [-0.15, -0.1) is 0 Å². The number of aryl methyl sites for hydroxylation is 2. The van der Waals surface area contributed by atoms with Crippen LogP contribution in [0.2, 0.25) is 0 Å². The van der Waals surface area contributed by atoms with Gasteiger partial charge >= 0.3 is 0 Å². The van der Waals surface area contributed by atoms with Gasteiger partial charge in [0.25, 0.3) is 5.91 Å². The maximum Gasteiger partial charge on any atom is 0.273 e. The monoisotopic (exact) mass is 311 g/mol. The summed E-state index contributed by atoms with van der Waals surface area (Å²) < 4.78 is 1.73. The van der Waals surface area contributed by atoms with Crippen molar-refractivity contribution in [1.29, 1.82) is 0 Å². The van der Waals surface area contributed by atoms with Crippen LogP contribution in [0.4, 0.5) is 5.69 Å². The predicted molar refractivity (Wildman–Crippen MR) is 90.3 cm³/mol. The largest absolute Gasteiger partial charge is 0.321 e. The van der Waals surface area contributed by atoms with Gasteiger partial charge in [-0.25, -0.2) is 0 Å². The van der Waals surface area contributed by atoms with Crippen molar-refractivity contribution in [2.24, 2.45) is 0 Å². The molecule has 0 saturated heterocycles. The Morgan fingerprint density at radius 1 is 1.32 bits per heavy atom. The van der Waals surface area contributed by atoms with Gasteiger partial charge in [0.05, 0.1) is 5.69 Å². The molecule has 112 valence electrons. The number of carbonyl (C=O) groups is 1. The van der Waals surface area contributed by atoms with E-state index in [1.807, 2.05) is 61.0 Å². The fraction of sp³-hybridized carbons (Fsp3) is 0.176. The molecule has 0 unspecified atom stereocenters. The van der Waals surface area contributed by atoms with E-state index in [0.717, 1.165) is 22.5 Å².